The third kappa shape index (κ3) is 2.68. The van der Waals surface area contributed by atoms with Crippen LogP contribution in [0.1, 0.15) is 25.3 Å². The molecule has 1 aromatic carbocycles. The summed E-state index contributed by atoms with van der Waals surface area (Å²) in [4.78, 5) is 15.7. The second kappa shape index (κ2) is 5.27. The summed E-state index contributed by atoms with van der Waals surface area (Å²) in [5, 5.41) is 12.4. The number of nitrogens with two attached hydrogens (primary N) is 1. The van der Waals surface area contributed by atoms with Gasteiger partial charge in [-0.3, -0.25) is 4.79 Å². The molecule has 2 aromatic rings. The summed E-state index contributed by atoms with van der Waals surface area (Å²) < 4.78 is 1.86. The number of anilines is 1. The van der Waals surface area contributed by atoms with Crippen LogP contribution in [0.15, 0.2) is 18.2 Å². The maximum atomic E-state index is 11.4. The molecule has 1 aromatic heterocycles. The fourth-order valence-electron chi connectivity index (χ4n) is 2.06. The number of hydrogen-bond donors (Lipinski definition) is 3. The Hall–Kier alpha value is -2.08. The number of benzene rings is 1. The number of aliphatic hydroxyl groups excluding tert-OH is 1. The van der Waals surface area contributed by atoms with E-state index >= 15 is 0 Å². The third-order valence-electron chi connectivity index (χ3n) is 3.02. The van der Waals surface area contributed by atoms with Crippen LogP contribution in [0.5, 0.6) is 0 Å². The molecule has 1 amide bonds. The summed E-state index contributed by atoms with van der Waals surface area (Å²) in [5.74, 6) is 0.498. The van der Waals surface area contributed by atoms with Crippen molar-refractivity contribution in [1.82, 2.24) is 14.9 Å². The minimum absolute atomic E-state index is 0.0474. The highest BCUT2D eigenvalue weighted by Crippen LogP contribution is 2.23. The average molecular weight is 262 g/mol. The number of hydrogen-bond acceptors (Lipinski definition) is 4. The van der Waals surface area contributed by atoms with Crippen molar-refractivity contribution in [3.63, 3.8) is 0 Å². The van der Waals surface area contributed by atoms with Crippen molar-refractivity contribution in [2.24, 2.45) is 0 Å². The zero-order chi connectivity index (χ0) is 14.0. The van der Waals surface area contributed by atoms with Gasteiger partial charge >= 0.3 is 0 Å². The van der Waals surface area contributed by atoms with Crippen molar-refractivity contribution in [1.29, 1.82) is 0 Å². The Morgan fingerprint density at radius 2 is 2.32 bits per heavy atom. The van der Waals surface area contributed by atoms with Crippen LogP contribution >= 0.6 is 0 Å². The van der Waals surface area contributed by atoms with Gasteiger partial charge in [0.25, 0.3) is 0 Å². The van der Waals surface area contributed by atoms with Crippen molar-refractivity contribution in [3.8, 4) is 0 Å². The first kappa shape index (κ1) is 13.4. The number of imidazole rings is 1. The summed E-state index contributed by atoms with van der Waals surface area (Å²) >= 11 is 0. The Bertz CT molecular complexity index is 604. The van der Waals surface area contributed by atoms with Crippen molar-refractivity contribution >= 4 is 22.6 Å². The van der Waals surface area contributed by atoms with Gasteiger partial charge in [-0.2, -0.15) is 0 Å². The number of amides is 1. The highest BCUT2D eigenvalue weighted by molar-refractivity contribution is 5.80. The SMILES string of the molecule is CNC(=O)CCn1c(C(C)O)nc2cc(N)ccc21. The van der Waals surface area contributed by atoms with Crippen LogP contribution in [-0.2, 0) is 11.3 Å². The first-order chi connectivity index (χ1) is 9.02. The number of aryl methyl sites for hydroxylation is 1. The number of rotatable bonds is 4. The monoisotopic (exact) mass is 262 g/mol. The molecule has 1 atom stereocenters. The first-order valence-electron chi connectivity index (χ1n) is 6.17. The molecule has 0 fully saturated rings. The molecule has 4 N–H and O–H groups in total. The zero-order valence-electron chi connectivity index (χ0n) is 11.1. The van der Waals surface area contributed by atoms with Gasteiger partial charge in [-0.1, -0.05) is 0 Å². The van der Waals surface area contributed by atoms with E-state index in [-0.39, 0.29) is 5.91 Å². The smallest absolute Gasteiger partial charge is 0.221 e. The van der Waals surface area contributed by atoms with Crippen molar-refractivity contribution in [2.75, 3.05) is 12.8 Å². The second-order valence-corrected chi connectivity index (χ2v) is 4.47. The van der Waals surface area contributed by atoms with Gasteiger partial charge in [-0.15, -0.1) is 0 Å². The minimum atomic E-state index is -0.696. The van der Waals surface area contributed by atoms with E-state index in [1.54, 1.807) is 26.1 Å². The van der Waals surface area contributed by atoms with Gasteiger partial charge in [-0.05, 0) is 25.1 Å². The van der Waals surface area contributed by atoms with Crippen molar-refractivity contribution < 1.29 is 9.90 Å². The van der Waals surface area contributed by atoms with Gasteiger partial charge in [0.2, 0.25) is 5.91 Å². The number of aromatic nitrogens is 2. The van der Waals surface area contributed by atoms with Crippen LogP contribution in [0.25, 0.3) is 11.0 Å². The van der Waals surface area contributed by atoms with Crippen molar-refractivity contribution in [3.05, 3.63) is 24.0 Å². The summed E-state index contributed by atoms with van der Waals surface area (Å²) in [5.41, 5.74) is 7.95. The Kier molecular flexibility index (Phi) is 3.71. The van der Waals surface area contributed by atoms with Gasteiger partial charge in [-0.25, -0.2) is 4.98 Å². The van der Waals surface area contributed by atoms with E-state index in [4.69, 9.17) is 5.73 Å². The summed E-state index contributed by atoms with van der Waals surface area (Å²) in [6, 6.07) is 5.40. The summed E-state index contributed by atoms with van der Waals surface area (Å²) in [6.07, 6.45) is -0.357. The number of fused-ring (bicyclic) bond motifs is 1. The zero-order valence-corrected chi connectivity index (χ0v) is 11.1. The predicted octanol–water partition coefficient (Wildman–Crippen LogP) is 0.808. The molecule has 6 nitrogen and oxygen atoms in total. The number of aliphatic hydroxyl groups is 1. The van der Waals surface area contributed by atoms with E-state index in [1.807, 2.05) is 10.6 Å². The van der Waals surface area contributed by atoms with Gasteiger partial charge in [0, 0.05) is 25.7 Å². The molecule has 102 valence electrons. The molecule has 6 heteroatoms. The Labute approximate surface area is 111 Å². The number of nitrogens with zero attached hydrogens (tertiary/aromatic N) is 2. The second-order valence-electron chi connectivity index (χ2n) is 4.47. The maximum absolute atomic E-state index is 11.4. The average Bonchev–Trinajstić information content (AvgIpc) is 2.73. The quantitative estimate of drug-likeness (QED) is 0.711. The highest BCUT2D eigenvalue weighted by atomic mass is 16.3. The summed E-state index contributed by atoms with van der Waals surface area (Å²) in [7, 11) is 1.60. The lowest BCUT2D eigenvalue weighted by Crippen LogP contribution is -2.20. The summed E-state index contributed by atoms with van der Waals surface area (Å²) in [6.45, 7) is 2.13. The van der Waals surface area contributed by atoms with Gasteiger partial charge in [0.05, 0.1) is 11.0 Å². The molecule has 0 saturated heterocycles. The molecular weight excluding hydrogens is 244 g/mol. The van der Waals surface area contributed by atoms with E-state index in [0.717, 1.165) is 11.0 Å². The number of carbonyl (C=O) groups excluding carboxylic acids is 1. The third-order valence-corrected chi connectivity index (χ3v) is 3.02. The van der Waals surface area contributed by atoms with Gasteiger partial charge in [0.15, 0.2) is 0 Å². The van der Waals surface area contributed by atoms with Crippen LogP contribution in [0.2, 0.25) is 0 Å². The molecular formula is C13H18N4O2. The lowest BCUT2D eigenvalue weighted by atomic mass is 10.2. The molecule has 1 heterocycles. The van der Waals surface area contributed by atoms with Gasteiger partial charge in [0.1, 0.15) is 11.9 Å². The lowest BCUT2D eigenvalue weighted by molar-refractivity contribution is -0.120. The Balaban J connectivity index is 2.43. The van der Waals surface area contributed by atoms with E-state index in [9.17, 15) is 9.90 Å². The largest absolute Gasteiger partial charge is 0.399 e. The minimum Gasteiger partial charge on any atom is -0.399 e. The van der Waals surface area contributed by atoms with Crippen LogP contribution in [-0.4, -0.2) is 27.6 Å². The molecule has 0 radical (unpaired) electrons. The molecule has 19 heavy (non-hydrogen) atoms. The molecule has 0 bridgehead atoms. The van der Waals surface area contributed by atoms with E-state index in [2.05, 4.69) is 10.3 Å². The van der Waals surface area contributed by atoms with Crippen LogP contribution in [0.4, 0.5) is 5.69 Å². The molecule has 0 saturated carbocycles. The van der Waals surface area contributed by atoms with Crippen LogP contribution < -0.4 is 11.1 Å². The molecule has 0 aliphatic carbocycles. The normalized spacial score (nSPS) is 12.6. The molecule has 0 spiro atoms. The predicted molar refractivity (Wildman–Crippen MR) is 73.5 cm³/mol. The topological polar surface area (TPSA) is 93.2 Å². The maximum Gasteiger partial charge on any atom is 0.221 e. The lowest BCUT2D eigenvalue weighted by Gasteiger charge is -2.10. The molecule has 2 rings (SSSR count). The Morgan fingerprint density at radius 1 is 1.58 bits per heavy atom. The van der Waals surface area contributed by atoms with Crippen LogP contribution in [0, 0.1) is 0 Å². The fraction of sp³-hybridized carbons (Fsp3) is 0.385. The number of nitrogens with one attached hydrogen (secondary N) is 1. The molecule has 0 aliphatic rings. The molecule has 1 unspecified atom stereocenters. The Morgan fingerprint density at radius 3 is 2.95 bits per heavy atom. The molecule has 0 aliphatic heterocycles. The van der Waals surface area contributed by atoms with Crippen molar-refractivity contribution in [2.45, 2.75) is 26.0 Å². The fourth-order valence-corrected chi connectivity index (χ4v) is 2.06. The standard InChI is InChI=1S/C13H18N4O2/c1-8(18)13-16-10-7-9(14)3-4-11(10)17(13)6-5-12(19)15-2/h3-4,7-8,18H,5-6,14H2,1-2H3,(H,15,19). The van der Waals surface area contributed by atoms with E-state index in [1.165, 1.54) is 0 Å². The highest BCUT2D eigenvalue weighted by Gasteiger charge is 2.15. The number of nitrogen functional groups attached to an aromatic ring is 1. The van der Waals surface area contributed by atoms with E-state index < -0.39 is 6.10 Å². The number of carbonyl (C=O) groups is 1. The van der Waals surface area contributed by atoms with Crippen LogP contribution in [0.3, 0.4) is 0 Å². The van der Waals surface area contributed by atoms with Gasteiger partial charge < -0.3 is 20.7 Å². The first-order valence-corrected chi connectivity index (χ1v) is 6.17. The van der Waals surface area contributed by atoms with E-state index in [0.29, 0.717) is 24.5 Å².